The van der Waals surface area contributed by atoms with Crippen molar-refractivity contribution in [1.82, 2.24) is 25.4 Å². The van der Waals surface area contributed by atoms with E-state index in [4.69, 9.17) is 5.11 Å². The summed E-state index contributed by atoms with van der Waals surface area (Å²) in [6.45, 7) is 1.19. The van der Waals surface area contributed by atoms with Crippen LogP contribution in [0.2, 0.25) is 0 Å². The number of nitrogens with zero attached hydrogens (tertiary/aromatic N) is 3. The third-order valence-corrected chi connectivity index (χ3v) is 4.71. The number of carbonyl (C=O) groups excluding carboxylic acids is 1. The van der Waals surface area contributed by atoms with Crippen LogP contribution in [0.3, 0.4) is 0 Å². The van der Waals surface area contributed by atoms with Crippen molar-refractivity contribution in [1.29, 1.82) is 0 Å². The quantitative estimate of drug-likeness (QED) is 0.656. The number of aliphatic carboxylic acids is 1. The highest BCUT2D eigenvalue weighted by atomic mass is 16.4. The lowest BCUT2D eigenvalue weighted by molar-refractivity contribution is -0.137. The van der Waals surface area contributed by atoms with E-state index in [-0.39, 0.29) is 18.5 Å². The number of carboxylic acids is 1. The molecular weight excluding hydrogens is 346 g/mol. The minimum Gasteiger partial charge on any atom is -0.481 e. The van der Waals surface area contributed by atoms with E-state index in [1.807, 2.05) is 30.3 Å². The van der Waals surface area contributed by atoms with Crippen molar-refractivity contribution in [3.63, 3.8) is 0 Å². The fourth-order valence-corrected chi connectivity index (χ4v) is 3.32. The molecule has 1 aliphatic rings. The summed E-state index contributed by atoms with van der Waals surface area (Å²) in [4.78, 5) is 23.2. The number of carbonyl (C=O) groups is 2. The second-order valence-corrected chi connectivity index (χ2v) is 6.79. The van der Waals surface area contributed by atoms with Crippen molar-refractivity contribution in [2.24, 2.45) is 0 Å². The molecule has 8 heteroatoms. The lowest BCUT2D eigenvalue weighted by atomic mass is 10.0. The number of aryl methyl sites for hydroxylation is 1. The monoisotopic (exact) mass is 371 g/mol. The summed E-state index contributed by atoms with van der Waals surface area (Å²) in [5, 5.41) is 23.0. The number of amides is 2. The van der Waals surface area contributed by atoms with Gasteiger partial charge in [-0.05, 0) is 31.2 Å². The van der Waals surface area contributed by atoms with Gasteiger partial charge in [0.25, 0.3) is 0 Å². The number of carboxylic acid groups (broad SMARTS) is 1. The molecule has 3 N–H and O–H groups in total. The zero-order chi connectivity index (χ0) is 19.1. The van der Waals surface area contributed by atoms with Gasteiger partial charge in [0, 0.05) is 25.4 Å². The van der Waals surface area contributed by atoms with Gasteiger partial charge in [-0.1, -0.05) is 30.3 Å². The Morgan fingerprint density at radius 2 is 2.00 bits per heavy atom. The van der Waals surface area contributed by atoms with Crippen LogP contribution < -0.4 is 10.6 Å². The van der Waals surface area contributed by atoms with Crippen molar-refractivity contribution < 1.29 is 14.7 Å². The molecule has 1 atom stereocenters. The zero-order valence-electron chi connectivity index (χ0n) is 15.2. The minimum absolute atomic E-state index is 0.00939. The van der Waals surface area contributed by atoms with Crippen molar-refractivity contribution in [3.05, 3.63) is 47.5 Å². The standard InChI is InChI=1S/C19H25N5O3/c25-18(26)10-9-15(12-14-6-2-1-3-7-14)21-19(27)20-13-17-23-22-16-8-4-5-11-24(16)17/h1-3,6-7,15H,4-5,8-13H2,(H,25,26)(H2,20,21,27). The topological polar surface area (TPSA) is 109 Å². The number of fused-ring (bicyclic) bond motifs is 1. The highest BCUT2D eigenvalue weighted by molar-refractivity contribution is 5.74. The zero-order valence-corrected chi connectivity index (χ0v) is 15.2. The van der Waals surface area contributed by atoms with Gasteiger partial charge in [0.05, 0.1) is 6.54 Å². The van der Waals surface area contributed by atoms with Gasteiger partial charge in [0.2, 0.25) is 0 Å². The molecule has 0 spiro atoms. The molecule has 0 fully saturated rings. The van der Waals surface area contributed by atoms with Crippen LogP contribution in [0, 0.1) is 0 Å². The van der Waals surface area contributed by atoms with E-state index in [0.29, 0.717) is 19.4 Å². The molecule has 1 unspecified atom stereocenters. The molecule has 1 aromatic heterocycles. The lowest BCUT2D eigenvalue weighted by Gasteiger charge is -2.19. The maximum atomic E-state index is 12.3. The molecule has 3 rings (SSSR count). The third kappa shape index (κ3) is 5.54. The first-order chi connectivity index (χ1) is 13.1. The van der Waals surface area contributed by atoms with Crippen molar-refractivity contribution in [2.45, 2.75) is 57.7 Å². The SMILES string of the molecule is O=C(O)CCC(Cc1ccccc1)NC(=O)NCc1nnc2n1CCCC2. The highest BCUT2D eigenvalue weighted by Gasteiger charge is 2.18. The van der Waals surface area contributed by atoms with Gasteiger partial charge in [0.1, 0.15) is 5.82 Å². The Morgan fingerprint density at radius 1 is 1.19 bits per heavy atom. The molecular formula is C19H25N5O3. The summed E-state index contributed by atoms with van der Waals surface area (Å²) in [6.07, 6.45) is 4.11. The van der Waals surface area contributed by atoms with E-state index < -0.39 is 5.97 Å². The second kappa shape index (κ2) is 9.16. The van der Waals surface area contributed by atoms with Crippen LogP contribution in [-0.2, 0) is 30.7 Å². The number of nitrogens with one attached hydrogen (secondary N) is 2. The smallest absolute Gasteiger partial charge is 0.315 e. The molecule has 27 heavy (non-hydrogen) atoms. The van der Waals surface area contributed by atoms with E-state index in [1.54, 1.807) is 0 Å². The van der Waals surface area contributed by atoms with Crippen molar-refractivity contribution in [2.75, 3.05) is 0 Å². The van der Waals surface area contributed by atoms with Crippen molar-refractivity contribution in [3.8, 4) is 0 Å². The molecule has 0 aliphatic carbocycles. The van der Waals surface area contributed by atoms with E-state index in [0.717, 1.165) is 43.0 Å². The number of aromatic nitrogens is 3. The van der Waals surface area contributed by atoms with Gasteiger partial charge in [-0.15, -0.1) is 10.2 Å². The Kier molecular flexibility index (Phi) is 6.40. The van der Waals surface area contributed by atoms with Crippen LogP contribution in [0.4, 0.5) is 4.79 Å². The Balaban J connectivity index is 1.55. The second-order valence-electron chi connectivity index (χ2n) is 6.79. The van der Waals surface area contributed by atoms with Gasteiger partial charge in [0.15, 0.2) is 5.82 Å². The Hall–Kier alpha value is -2.90. The summed E-state index contributed by atoms with van der Waals surface area (Å²) < 4.78 is 2.07. The Labute approximate surface area is 158 Å². The van der Waals surface area contributed by atoms with E-state index >= 15 is 0 Å². The molecule has 0 saturated heterocycles. The molecule has 0 bridgehead atoms. The molecule has 0 saturated carbocycles. The predicted molar refractivity (Wildman–Crippen MR) is 99.1 cm³/mol. The van der Waals surface area contributed by atoms with E-state index in [9.17, 15) is 9.59 Å². The summed E-state index contributed by atoms with van der Waals surface area (Å²) in [7, 11) is 0. The van der Waals surface area contributed by atoms with Gasteiger partial charge < -0.3 is 20.3 Å². The molecule has 8 nitrogen and oxygen atoms in total. The molecule has 1 aliphatic heterocycles. The third-order valence-electron chi connectivity index (χ3n) is 4.71. The van der Waals surface area contributed by atoms with Gasteiger partial charge in [-0.25, -0.2) is 4.79 Å². The van der Waals surface area contributed by atoms with Crippen LogP contribution >= 0.6 is 0 Å². The van der Waals surface area contributed by atoms with Gasteiger partial charge in [-0.2, -0.15) is 0 Å². The number of hydrogen-bond acceptors (Lipinski definition) is 4. The van der Waals surface area contributed by atoms with Gasteiger partial charge in [-0.3, -0.25) is 4.79 Å². The molecule has 2 amide bonds. The van der Waals surface area contributed by atoms with Crippen LogP contribution in [0.15, 0.2) is 30.3 Å². The van der Waals surface area contributed by atoms with Crippen LogP contribution in [0.1, 0.15) is 42.9 Å². The largest absolute Gasteiger partial charge is 0.481 e. The van der Waals surface area contributed by atoms with Crippen LogP contribution in [-0.4, -0.2) is 37.9 Å². The molecule has 2 heterocycles. The van der Waals surface area contributed by atoms with Crippen LogP contribution in [0.25, 0.3) is 0 Å². The number of benzene rings is 1. The number of rotatable bonds is 8. The van der Waals surface area contributed by atoms with Gasteiger partial charge >= 0.3 is 12.0 Å². The first-order valence-corrected chi connectivity index (χ1v) is 9.33. The Morgan fingerprint density at radius 3 is 2.78 bits per heavy atom. The number of urea groups is 1. The first kappa shape index (κ1) is 18.9. The lowest BCUT2D eigenvalue weighted by Crippen LogP contribution is -2.43. The average molecular weight is 371 g/mol. The molecule has 0 radical (unpaired) electrons. The number of hydrogen-bond donors (Lipinski definition) is 3. The summed E-state index contributed by atoms with van der Waals surface area (Å²) in [6, 6.07) is 9.14. The summed E-state index contributed by atoms with van der Waals surface area (Å²) in [5.41, 5.74) is 1.06. The average Bonchev–Trinajstić information content (AvgIpc) is 3.08. The molecule has 2 aromatic rings. The normalized spacial score (nSPS) is 14.2. The van der Waals surface area contributed by atoms with Crippen molar-refractivity contribution >= 4 is 12.0 Å². The molecule has 144 valence electrons. The maximum absolute atomic E-state index is 12.3. The first-order valence-electron chi connectivity index (χ1n) is 9.33. The summed E-state index contributed by atoms with van der Waals surface area (Å²) in [5.74, 6) is 0.859. The van der Waals surface area contributed by atoms with E-state index in [1.165, 1.54) is 0 Å². The predicted octanol–water partition coefficient (Wildman–Crippen LogP) is 1.89. The fourth-order valence-electron chi connectivity index (χ4n) is 3.32. The van der Waals surface area contributed by atoms with Crippen LogP contribution in [0.5, 0.6) is 0 Å². The van der Waals surface area contributed by atoms with E-state index in [2.05, 4.69) is 25.4 Å². The molecule has 1 aromatic carbocycles. The fraction of sp³-hybridized carbons (Fsp3) is 0.474. The maximum Gasteiger partial charge on any atom is 0.315 e. The minimum atomic E-state index is -0.870. The summed E-state index contributed by atoms with van der Waals surface area (Å²) >= 11 is 0. The highest BCUT2D eigenvalue weighted by Crippen LogP contribution is 2.14. The Bertz CT molecular complexity index is 775.